The van der Waals surface area contributed by atoms with E-state index in [9.17, 15) is 0 Å². The molecule has 2 saturated heterocycles. The van der Waals surface area contributed by atoms with Crippen LogP contribution >= 0.6 is 11.8 Å². The van der Waals surface area contributed by atoms with Crippen LogP contribution in [0.1, 0.15) is 25.7 Å². The van der Waals surface area contributed by atoms with Crippen molar-refractivity contribution in [2.24, 2.45) is 0 Å². The fraction of sp³-hybridized carbons (Fsp3) is 1.00. The molecular weight excluding hydrogens is 242 g/mol. The predicted octanol–water partition coefficient (Wildman–Crippen LogP) is 1.50. The Balaban J connectivity index is 1.57. The maximum Gasteiger partial charge on any atom is 0.0117 e. The van der Waals surface area contributed by atoms with Gasteiger partial charge in [-0.3, -0.25) is 0 Å². The van der Waals surface area contributed by atoms with Gasteiger partial charge in [0.25, 0.3) is 0 Å². The lowest BCUT2D eigenvalue weighted by Crippen LogP contribution is -2.42. The average molecular weight is 271 g/mol. The Morgan fingerprint density at radius 3 is 2.50 bits per heavy atom. The molecule has 3 nitrogen and oxygen atoms in total. The second-order valence-corrected chi connectivity index (χ2v) is 7.24. The Bertz CT molecular complexity index is 223. The molecule has 1 N–H and O–H groups in total. The normalized spacial score (nSPS) is 24.8. The molecular formula is C14H29N3S. The van der Waals surface area contributed by atoms with E-state index >= 15 is 0 Å². The minimum Gasteiger partial charge on any atom is -0.317 e. The zero-order valence-corrected chi connectivity index (χ0v) is 12.8. The first-order valence-corrected chi connectivity index (χ1v) is 8.51. The van der Waals surface area contributed by atoms with Gasteiger partial charge in [0.2, 0.25) is 0 Å². The lowest BCUT2D eigenvalue weighted by Gasteiger charge is -2.35. The van der Waals surface area contributed by atoms with E-state index < -0.39 is 0 Å². The third-order valence-corrected chi connectivity index (χ3v) is 5.76. The molecule has 2 fully saturated rings. The number of rotatable bonds is 5. The highest BCUT2D eigenvalue weighted by Crippen LogP contribution is 2.21. The van der Waals surface area contributed by atoms with E-state index in [0.717, 1.165) is 11.3 Å². The zero-order chi connectivity index (χ0) is 12.8. The first kappa shape index (κ1) is 14.6. The molecule has 0 bridgehead atoms. The van der Waals surface area contributed by atoms with Crippen LogP contribution in [0, 0.1) is 0 Å². The number of nitrogens with one attached hydrogen (secondary N) is 1. The molecule has 0 aromatic carbocycles. The molecule has 0 amide bonds. The molecule has 18 heavy (non-hydrogen) atoms. The van der Waals surface area contributed by atoms with Gasteiger partial charge in [0, 0.05) is 23.6 Å². The summed E-state index contributed by atoms with van der Waals surface area (Å²) >= 11 is 2.20. The molecule has 4 heteroatoms. The van der Waals surface area contributed by atoms with Crippen LogP contribution in [0.15, 0.2) is 0 Å². The van der Waals surface area contributed by atoms with Crippen LogP contribution in [0.5, 0.6) is 0 Å². The van der Waals surface area contributed by atoms with Crippen molar-refractivity contribution in [1.82, 2.24) is 15.1 Å². The van der Waals surface area contributed by atoms with E-state index in [0.29, 0.717) is 0 Å². The van der Waals surface area contributed by atoms with Crippen LogP contribution < -0.4 is 5.32 Å². The second kappa shape index (κ2) is 7.73. The van der Waals surface area contributed by atoms with E-state index in [2.05, 4.69) is 41.0 Å². The van der Waals surface area contributed by atoms with Crippen LogP contribution in [0.4, 0.5) is 0 Å². The summed E-state index contributed by atoms with van der Waals surface area (Å²) in [4.78, 5) is 5.05. The van der Waals surface area contributed by atoms with E-state index in [-0.39, 0.29) is 0 Å². The summed E-state index contributed by atoms with van der Waals surface area (Å²) < 4.78 is 0. The highest BCUT2D eigenvalue weighted by Gasteiger charge is 2.20. The number of hydrogen-bond donors (Lipinski definition) is 1. The number of hydrogen-bond acceptors (Lipinski definition) is 4. The van der Waals surface area contributed by atoms with Crippen LogP contribution in [0.3, 0.4) is 0 Å². The molecule has 0 aromatic heterocycles. The maximum atomic E-state index is 3.44. The molecule has 106 valence electrons. The van der Waals surface area contributed by atoms with Crippen molar-refractivity contribution in [3.05, 3.63) is 0 Å². The van der Waals surface area contributed by atoms with Gasteiger partial charge in [-0.25, -0.2) is 0 Å². The topological polar surface area (TPSA) is 18.5 Å². The summed E-state index contributed by atoms with van der Waals surface area (Å²) in [6, 6.07) is 0.829. The van der Waals surface area contributed by atoms with Crippen LogP contribution in [-0.4, -0.2) is 73.7 Å². The standard InChI is InChI=1S/C14H29N3S/c1-16-9-5-13(6-10-16)17(2)11-12-18-14-3-7-15-8-4-14/h13-15H,3-12H2,1-2H3. The molecule has 0 atom stereocenters. The van der Waals surface area contributed by atoms with Crippen molar-refractivity contribution in [3.63, 3.8) is 0 Å². The number of piperidine rings is 2. The SMILES string of the molecule is CN1CCC(N(C)CCSC2CCNCC2)CC1. The van der Waals surface area contributed by atoms with Gasteiger partial charge in [0.15, 0.2) is 0 Å². The minimum absolute atomic E-state index is 0.829. The van der Waals surface area contributed by atoms with E-state index in [1.807, 2.05) is 0 Å². The highest BCUT2D eigenvalue weighted by atomic mass is 32.2. The highest BCUT2D eigenvalue weighted by molar-refractivity contribution is 7.99. The van der Waals surface area contributed by atoms with Gasteiger partial charge >= 0.3 is 0 Å². The van der Waals surface area contributed by atoms with Crippen molar-refractivity contribution < 1.29 is 0 Å². The Hall–Kier alpha value is 0.230. The van der Waals surface area contributed by atoms with Gasteiger partial charge in [0.05, 0.1) is 0 Å². The summed E-state index contributed by atoms with van der Waals surface area (Å²) in [5.41, 5.74) is 0. The first-order chi connectivity index (χ1) is 8.75. The van der Waals surface area contributed by atoms with Crippen molar-refractivity contribution in [2.75, 3.05) is 52.6 Å². The van der Waals surface area contributed by atoms with Gasteiger partial charge in [-0.2, -0.15) is 11.8 Å². The Morgan fingerprint density at radius 1 is 1.17 bits per heavy atom. The molecule has 2 aliphatic rings. The number of nitrogens with zero attached hydrogens (tertiary/aromatic N) is 2. The molecule has 0 radical (unpaired) electrons. The fourth-order valence-electron chi connectivity index (χ4n) is 2.94. The second-order valence-electron chi connectivity index (χ2n) is 5.84. The van der Waals surface area contributed by atoms with Crippen LogP contribution in [0.2, 0.25) is 0 Å². The molecule has 0 saturated carbocycles. The lowest BCUT2D eigenvalue weighted by molar-refractivity contribution is 0.150. The Labute approximate surface area is 117 Å². The quantitative estimate of drug-likeness (QED) is 0.816. The Morgan fingerprint density at radius 2 is 1.83 bits per heavy atom. The summed E-state index contributed by atoms with van der Waals surface area (Å²) in [6.45, 7) is 6.26. The van der Waals surface area contributed by atoms with Gasteiger partial charge in [-0.05, 0) is 66.0 Å². The summed E-state index contributed by atoms with van der Waals surface area (Å²) in [6.07, 6.45) is 5.43. The van der Waals surface area contributed by atoms with E-state index in [1.54, 1.807) is 0 Å². The number of likely N-dealkylation sites (tertiary alicyclic amines) is 1. The van der Waals surface area contributed by atoms with Gasteiger partial charge in [-0.1, -0.05) is 0 Å². The summed E-state index contributed by atoms with van der Waals surface area (Å²) in [5, 5.41) is 4.36. The largest absolute Gasteiger partial charge is 0.317 e. The van der Waals surface area contributed by atoms with Crippen molar-refractivity contribution in [3.8, 4) is 0 Å². The van der Waals surface area contributed by atoms with Gasteiger partial charge < -0.3 is 15.1 Å². The summed E-state index contributed by atoms with van der Waals surface area (Å²) in [5.74, 6) is 1.31. The fourth-order valence-corrected chi connectivity index (χ4v) is 4.24. The molecule has 0 unspecified atom stereocenters. The maximum absolute atomic E-state index is 3.44. The third kappa shape index (κ3) is 4.72. The van der Waals surface area contributed by atoms with Gasteiger partial charge in [0.1, 0.15) is 0 Å². The zero-order valence-electron chi connectivity index (χ0n) is 12.0. The molecule has 2 rings (SSSR count). The van der Waals surface area contributed by atoms with Crippen LogP contribution in [0.25, 0.3) is 0 Å². The minimum atomic E-state index is 0.829. The number of thioether (sulfide) groups is 1. The van der Waals surface area contributed by atoms with Crippen molar-refractivity contribution in [2.45, 2.75) is 37.0 Å². The lowest BCUT2D eigenvalue weighted by atomic mass is 10.0. The average Bonchev–Trinajstić information content (AvgIpc) is 2.40. The molecule has 0 spiro atoms. The van der Waals surface area contributed by atoms with Crippen LogP contribution in [-0.2, 0) is 0 Å². The third-order valence-electron chi connectivity index (χ3n) is 4.40. The van der Waals surface area contributed by atoms with E-state index in [1.165, 1.54) is 64.2 Å². The van der Waals surface area contributed by atoms with E-state index in [4.69, 9.17) is 0 Å². The molecule has 0 aromatic rings. The smallest absolute Gasteiger partial charge is 0.0117 e. The first-order valence-electron chi connectivity index (χ1n) is 7.47. The molecule has 2 aliphatic heterocycles. The summed E-state index contributed by atoms with van der Waals surface area (Å²) in [7, 11) is 4.56. The van der Waals surface area contributed by atoms with Crippen molar-refractivity contribution >= 4 is 11.8 Å². The molecule has 0 aliphatic carbocycles. The van der Waals surface area contributed by atoms with Gasteiger partial charge in [-0.15, -0.1) is 0 Å². The Kier molecular flexibility index (Phi) is 6.29. The molecule has 2 heterocycles. The van der Waals surface area contributed by atoms with Crippen molar-refractivity contribution in [1.29, 1.82) is 0 Å². The monoisotopic (exact) mass is 271 g/mol. The predicted molar refractivity (Wildman–Crippen MR) is 81.5 cm³/mol.